The number of carbonyl (C=O) groups is 1. The second-order valence-corrected chi connectivity index (χ2v) is 6.18. The summed E-state index contributed by atoms with van der Waals surface area (Å²) in [6.45, 7) is 5.78. The van der Waals surface area contributed by atoms with E-state index in [2.05, 4.69) is 15.5 Å². The number of rotatable bonds is 4. The summed E-state index contributed by atoms with van der Waals surface area (Å²) < 4.78 is 6.53. The zero-order chi connectivity index (χ0) is 14.8. The summed E-state index contributed by atoms with van der Waals surface area (Å²) in [4.78, 5) is 11.7. The summed E-state index contributed by atoms with van der Waals surface area (Å²) in [6.07, 6.45) is 1.54. The molecule has 0 aliphatic heterocycles. The lowest BCUT2D eigenvalue weighted by Crippen LogP contribution is -2.41. The number of nitrogens with two attached hydrogens (primary N) is 1. The summed E-state index contributed by atoms with van der Waals surface area (Å²) in [7, 11) is 0. The highest BCUT2D eigenvalue weighted by Crippen LogP contribution is 2.21. The second-order valence-electron chi connectivity index (χ2n) is 5.24. The summed E-state index contributed by atoms with van der Waals surface area (Å²) >= 11 is 1.22. The van der Waals surface area contributed by atoms with Crippen LogP contribution in [0.3, 0.4) is 0 Å². The van der Waals surface area contributed by atoms with E-state index in [0.717, 1.165) is 0 Å². The summed E-state index contributed by atoms with van der Waals surface area (Å²) in [6, 6.07) is 3.49. The number of thioether (sulfide) groups is 1. The normalized spacial score (nSPS) is 11.6. The van der Waals surface area contributed by atoms with E-state index < -0.39 is 0 Å². The minimum absolute atomic E-state index is 0.0787. The van der Waals surface area contributed by atoms with Gasteiger partial charge in [0, 0.05) is 5.54 Å². The molecule has 0 radical (unpaired) electrons. The van der Waals surface area contributed by atoms with Gasteiger partial charge in [-0.15, -0.1) is 10.2 Å². The molecular formula is C12H17N5O2S. The third kappa shape index (κ3) is 3.53. The number of nitrogen functional groups attached to an aromatic ring is 1. The van der Waals surface area contributed by atoms with Gasteiger partial charge >= 0.3 is 0 Å². The maximum atomic E-state index is 11.7. The Morgan fingerprint density at radius 3 is 2.85 bits per heavy atom. The molecule has 0 atom stereocenters. The fourth-order valence-corrected chi connectivity index (χ4v) is 2.19. The Balaban J connectivity index is 2.00. The first-order valence-electron chi connectivity index (χ1n) is 6.05. The van der Waals surface area contributed by atoms with Crippen molar-refractivity contribution < 1.29 is 9.21 Å². The number of aromatic nitrogens is 3. The molecule has 2 aromatic heterocycles. The van der Waals surface area contributed by atoms with E-state index >= 15 is 0 Å². The first-order chi connectivity index (χ1) is 9.37. The molecule has 0 saturated heterocycles. The van der Waals surface area contributed by atoms with Crippen molar-refractivity contribution >= 4 is 17.7 Å². The molecule has 0 unspecified atom stereocenters. The van der Waals surface area contributed by atoms with Crippen molar-refractivity contribution in [1.82, 2.24) is 20.2 Å². The molecule has 3 N–H and O–H groups in total. The minimum Gasteiger partial charge on any atom is -0.461 e. The third-order valence-electron chi connectivity index (χ3n) is 2.25. The van der Waals surface area contributed by atoms with E-state index in [1.165, 1.54) is 22.7 Å². The van der Waals surface area contributed by atoms with Gasteiger partial charge in [0.05, 0.1) is 12.0 Å². The van der Waals surface area contributed by atoms with Gasteiger partial charge in [0.15, 0.2) is 5.76 Å². The average molecular weight is 295 g/mol. The van der Waals surface area contributed by atoms with Crippen molar-refractivity contribution in [2.75, 3.05) is 11.6 Å². The van der Waals surface area contributed by atoms with Crippen molar-refractivity contribution in [3.8, 4) is 11.6 Å². The highest BCUT2D eigenvalue weighted by atomic mass is 32.2. The molecule has 2 aromatic rings. The fraction of sp³-hybridized carbons (Fsp3) is 0.417. The van der Waals surface area contributed by atoms with E-state index in [9.17, 15) is 4.79 Å². The molecule has 0 aliphatic carbocycles. The average Bonchev–Trinajstić information content (AvgIpc) is 2.93. The molecule has 0 aromatic carbocycles. The Bertz CT molecular complexity index is 586. The highest BCUT2D eigenvalue weighted by molar-refractivity contribution is 7.99. The van der Waals surface area contributed by atoms with Gasteiger partial charge in [-0.25, -0.2) is 4.68 Å². The zero-order valence-corrected chi connectivity index (χ0v) is 12.4. The number of hydrogen-bond donors (Lipinski definition) is 2. The van der Waals surface area contributed by atoms with E-state index in [1.807, 2.05) is 20.8 Å². The number of amides is 1. The zero-order valence-electron chi connectivity index (χ0n) is 11.6. The van der Waals surface area contributed by atoms with Crippen LogP contribution in [-0.4, -0.2) is 32.1 Å². The maximum absolute atomic E-state index is 11.7. The van der Waals surface area contributed by atoms with Gasteiger partial charge in [-0.05, 0) is 32.9 Å². The van der Waals surface area contributed by atoms with E-state index in [-0.39, 0.29) is 17.2 Å². The first kappa shape index (κ1) is 14.4. The van der Waals surface area contributed by atoms with Crippen molar-refractivity contribution in [1.29, 1.82) is 0 Å². The lowest BCUT2D eigenvalue weighted by molar-refractivity contribution is -0.119. The van der Waals surface area contributed by atoms with E-state index in [0.29, 0.717) is 16.7 Å². The van der Waals surface area contributed by atoms with E-state index in [4.69, 9.17) is 10.3 Å². The monoisotopic (exact) mass is 295 g/mol. The standard InChI is InChI=1S/C12H17N5O2S/c1-12(2,3)14-9(18)7-20-11-16-15-10(17(11)13)8-5-4-6-19-8/h4-6H,7,13H2,1-3H3,(H,14,18). The van der Waals surface area contributed by atoms with Crippen molar-refractivity contribution in [3.63, 3.8) is 0 Å². The predicted molar refractivity (Wildman–Crippen MR) is 76.5 cm³/mol. The van der Waals surface area contributed by atoms with Crippen LogP contribution in [-0.2, 0) is 4.79 Å². The molecule has 7 nitrogen and oxygen atoms in total. The Kier molecular flexibility index (Phi) is 4.03. The van der Waals surface area contributed by atoms with Crippen LogP contribution < -0.4 is 11.2 Å². The smallest absolute Gasteiger partial charge is 0.230 e. The summed E-state index contributed by atoms with van der Waals surface area (Å²) in [5.41, 5.74) is -0.257. The van der Waals surface area contributed by atoms with Crippen LogP contribution in [0.25, 0.3) is 11.6 Å². The highest BCUT2D eigenvalue weighted by Gasteiger charge is 2.17. The number of furan rings is 1. The van der Waals surface area contributed by atoms with Crippen molar-refractivity contribution in [2.45, 2.75) is 31.5 Å². The van der Waals surface area contributed by atoms with Crippen LogP contribution in [0.15, 0.2) is 28.0 Å². The number of nitrogens with one attached hydrogen (secondary N) is 1. The van der Waals surface area contributed by atoms with Gasteiger partial charge in [0.1, 0.15) is 0 Å². The van der Waals surface area contributed by atoms with Crippen molar-refractivity contribution in [2.24, 2.45) is 0 Å². The van der Waals surface area contributed by atoms with Gasteiger partial charge in [-0.3, -0.25) is 4.79 Å². The van der Waals surface area contributed by atoms with Crippen LogP contribution in [0.1, 0.15) is 20.8 Å². The molecule has 108 valence electrons. The molecule has 0 bridgehead atoms. The Morgan fingerprint density at radius 2 is 2.25 bits per heavy atom. The van der Waals surface area contributed by atoms with Crippen LogP contribution >= 0.6 is 11.8 Å². The lowest BCUT2D eigenvalue weighted by atomic mass is 10.1. The van der Waals surface area contributed by atoms with Crippen LogP contribution in [0.2, 0.25) is 0 Å². The molecular weight excluding hydrogens is 278 g/mol. The molecule has 0 aliphatic rings. The SMILES string of the molecule is CC(C)(C)NC(=O)CSc1nnc(-c2ccco2)n1N. The van der Waals surface area contributed by atoms with Crippen LogP contribution in [0.5, 0.6) is 0 Å². The third-order valence-corrected chi connectivity index (χ3v) is 3.20. The maximum Gasteiger partial charge on any atom is 0.230 e. The van der Waals surface area contributed by atoms with Gasteiger partial charge < -0.3 is 15.6 Å². The molecule has 1 amide bonds. The molecule has 0 saturated carbocycles. The number of hydrogen-bond acceptors (Lipinski definition) is 6. The quantitative estimate of drug-likeness (QED) is 0.651. The Morgan fingerprint density at radius 1 is 1.50 bits per heavy atom. The lowest BCUT2D eigenvalue weighted by Gasteiger charge is -2.20. The minimum atomic E-state index is -0.257. The van der Waals surface area contributed by atoms with Gasteiger partial charge in [-0.1, -0.05) is 11.8 Å². The predicted octanol–water partition coefficient (Wildman–Crippen LogP) is 1.26. The molecule has 0 fully saturated rings. The number of nitrogens with zero attached hydrogens (tertiary/aromatic N) is 3. The van der Waals surface area contributed by atoms with Gasteiger partial charge in [0.25, 0.3) is 0 Å². The van der Waals surface area contributed by atoms with Crippen LogP contribution in [0.4, 0.5) is 0 Å². The summed E-state index contributed by atoms with van der Waals surface area (Å²) in [5, 5.41) is 11.2. The Hall–Kier alpha value is -1.96. The van der Waals surface area contributed by atoms with E-state index in [1.54, 1.807) is 12.1 Å². The second kappa shape index (κ2) is 5.58. The summed E-state index contributed by atoms with van der Waals surface area (Å²) in [5.74, 6) is 6.99. The van der Waals surface area contributed by atoms with Gasteiger partial charge in [-0.2, -0.15) is 0 Å². The molecule has 8 heteroatoms. The fourth-order valence-electron chi connectivity index (χ4n) is 1.53. The molecule has 2 heterocycles. The molecule has 0 spiro atoms. The van der Waals surface area contributed by atoms with Gasteiger partial charge in [0.2, 0.25) is 16.9 Å². The molecule has 2 rings (SSSR count). The largest absolute Gasteiger partial charge is 0.461 e. The van der Waals surface area contributed by atoms with Crippen LogP contribution in [0, 0.1) is 0 Å². The number of carbonyl (C=O) groups excluding carboxylic acids is 1. The Labute approximate surface area is 120 Å². The molecule has 20 heavy (non-hydrogen) atoms. The van der Waals surface area contributed by atoms with Crippen molar-refractivity contribution in [3.05, 3.63) is 18.4 Å². The first-order valence-corrected chi connectivity index (χ1v) is 7.03. The topological polar surface area (TPSA) is 99.0 Å².